The molecule has 0 aliphatic heterocycles. The number of hydrogen-bond donors (Lipinski definition) is 2. The normalized spacial score (nSPS) is 14.5. The molecule has 0 bridgehead atoms. The van der Waals surface area contributed by atoms with E-state index in [9.17, 15) is 32.6 Å². The number of halogens is 3. The highest BCUT2D eigenvalue weighted by Crippen LogP contribution is 2.51. The molecule has 1 unspecified atom stereocenters. The van der Waals surface area contributed by atoms with Gasteiger partial charge in [-0.25, -0.2) is 10.1 Å². The summed E-state index contributed by atoms with van der Waals surface area (Å²) in [6.07, 6.45) is -4.48. The number of rotatable bonds is 9. The number of nitro groups is 1. The van der Waals surface area contributed by atoms with Gasteiger partial charge in [-0.05, 0) is 19.1 Å². The van der Waals surface area contributed by atoms with Gasteiger partial charge in [-0.2, -0.15) is 13.2 Å². The molecular weight excluding hydrogens is 458 g/mol. The van der Waals surface area contributed by atoms with Gasteiger partial charge in [-0.15, -0.1) is 0 Å². The van der Waals surface area contributed by atoms with Crippen molar-refractivity contribution < 1.29 is 41.8 Å². The van der Waals surface area contributed by atoms with Crippen molar-refractivity contribution in [3.8, 4) is 17.4 Å². The van der Waals surface area contributed by atoms with Gasteiger partial charge < -0.3 is 14.4 Å². The van der Waals surface area contributed by atoms with Gasteiger partial charge in [-0.3, -0.25) is 19.5 Å². The predicted octanol–water partition coefficient (Wildman–Crippen LogP) is 4.84. The number of alkyl halides is 3. The van der Waals surface area contributed by atoms with Gasteiger partial charge in [-0.1, -0.05) is 26.0 Å². The van der Waals surface area contributed by atoms with E-state index in [0.29, 0.717) is 6.20 Å². The number of para-hydroxylation sites is 2. The van der Waals surface area contributed by atoms with Gasteiger partial charge in [0.05, 0.1) is 16.1 Å². The van der Waals surface area contributed by atoms with E-state index in [0.717, 1.165) is 0 Å². The minimum Gasteiger partial charge on any atom is -0.480 e. The third kappa shape index (κ3) is 5.95. The average Bonchev–Trinajstić information content (AvgIpc) is 2.68. The maximum atomic E-state index is 13.2. The van der Waals surface area contributed by atoms with E-state index in [1.165, 1.54) is 45.0 Å². The number of aliphatic carboxylic acids is 1. The van der Waals surface area contributed by atoms with Gasteiger partial charge in [0.25, 0.3) is 5.88 Å². The first-order valence-corrected chi connectivity index (χ1v) is 10.7. The molecule has 14 heteroatoms. The van der Waals surface area contributed by atoms with Gasteiger partial charge in [0, 0.05) is 12.3 Å². The number of hydrogen-bond acceptors (Lipinski definition) is 7. The lowest BCUT2D eigenvalue weighted by Crippen LogP contribution is -2.35. The van der Waals surface area contributed by atoms with Crippen LogP contribution in [0.2, 0.25) is 0 Å². The molecule has 2 rings (SSSR count). The number of ether oxygens (including phenoxy) is 1. The summed E-state index contributed by atoms with van der Waals surface area (Å²) < 4.78 is 62.7. The van der Waals surface area contributed by atoms with Gasteiger partial charge in [0.15, 0.2) is 11.5 Å². The minimum atomic E-state index is -4.85. The molecule has 0 radical (unpaired) electrons. The summed E-state index contributed by atoms with van der Waals surface area (Å²) in [6, 6.07) is 4.51. The van der Waals surface area contributed by atoms with E-state index in [4.69, 9.17) is 14.4 Å². The van der Waals surface area contributed by atoms with E-state index < -0.39 is 53.4 Å². The van der Waals surface area contributed by atoms with Crippen LogP contribution in [0.5, 0.6) is 17.4 Å². The van der Waals surface area contributed by atoms with Crippen LogP contribution in [-0.2, 0) is 15.5 Å². The summed E-state index contributed by atoms with van der Waals surface area (Å²) in [4.78, 5) is 24.7. The Bertz CT molecular complexity index is 1060. The first-order valence-electron chi connectivity index (χ1n) is 9.03. The molecule has 10 nitrogen and oxygen atoms in total. The maximum Gasteiger partial charge on any atom is 0.418 e. The van der Waals surface area contributed by atoms with Crippen molar-refractivity contribution in [3.05, 3.63) is 52.2 Å². The van der Waals surface area contributed by atoms with Crippen molar-refractivity contribution in [2.45, 2.75) is 38.6 Å². The zero-order valence-electron chi connectivity index (χ0n) is 17.0. The van der Waals surface area contributed by atoms with Crippen LogP contribution in [-0.4, -0.2) is 32.7 Å². The monoisotopic (exact) mass is 477 g/mol. The van der Waals surface area contributed by atoms with Crippen LogP contribution in [0.1, 0.15) is 26.3 Å². The molecule has 0 saturated heterocycles. The molecule has 1 aromatic heterocycles. The van der Waals surface area contributed by atoms with Crippen molar-refractivity contribution >= 4 is 19.2 Å². The lowest BCUT2D eigenvalue weighted by Gasteiger charge is -2.26. The molecule has 0 aliphatic rings. The number of carboxylic acid groups (broad SMARTS) is 1. The fraction of sp³-hybridized carbons (Fsp3) is 0.333. The largest absolute Gasteiger partial charge is 0.480 e. The molecule has 2 N–H and O–H groups in total. The molecule has 174 valence electrons. The molecule has 1 heterocycles. The number of pyridine rings is 1. The number of carboxylic acids is 1. The zero-order valence-corrected chi connectivity index (χ0v) is 17.9. The first-order chi connectivity index (χ1) is 14.7. The maximum absolute atomic E-state index is 13.2. The highest BCUT2D eigenvalue weighted by Gasteiger charge is 2.36. The topological polar surface area (TPSA) is 141 Å². The van der Waals surface area contributed by atoms with Crippen molar-refractivity contribution in [2.75, 3.05) is 0 Å². The Morgan fingerprint density at radius 1 is 1.25 bits per heavy atom. The molecule has 32 heavy (non-hydrogen) atoms. The van der Waals surface area contributed by atoms with Crippen LogP contribution in [0, 0.1) is 10.1 Å². The number of benzene rings is 1. The average molecular weight is 477 g/mol. The molecule has 0 amide bonds. The van der Waals surface area contributed by atoms with Crippen LogP contribution in [0.3, 0.4) is 0 Å². The van der Waals surface area contributed by atoms with Crippen molar-refractivity contribution in [1.82, 2.24) is 10.1 Å². The molecule has 0 saturated carbocycles. The van der Waals surface area contributed by atoms with Crippen molar-refractivity contribution in [1.29, 1.82) is 0 Å². The molecule has 0 fully saturated rings. The second-order valence-corrected chi connectivity index (χ2v) is 9.49. The predicted molar refractivity (Wildman–Crippen MR) is 106 cm³/mol. The smallest absolute Gasteiger partial charge is 0.418 e. The second kappa shape index (κ2) is 9.53. The van der Waals surface area contributed by atoms with E-state index in [-0.39, 0.29) is 17.6 Å². The Kier molecular flexibility index (Phi) is 7.47. The van der Waals surface area contributed by atoms with Gasteiger partial charge in [0.2, 0.25) is 0 Å². The van der Waals surface area contributed by atoms with Crippen LogP contribution >= 0.6 is 7.52 Å². The number of nitrogens with zero attached hydrogens (tertiary/aromatic N) is 2. The Morgan fingerprint density at radius 2 is 1.84 bits per heavy atom. The second-order valence-electron chi connectivity index (χ2n) is 6.82. The van der Waals surface area contributed by atoms with Crippen molar-refractivity contribution in [3.63, 3.8) is 0 Å². The van der Waals surface area contributed by atoms with Gasteiger partial charge in [0.1, 0.15) is 6.04 Å². The quantitative estimate of drug-likeness (QED) is 0.295. The SMILES string of the molecule is CC(C)P(=O)(N[C@@H](C)C(=O)O)Oc1ccccc1Oc1ncc(C(F)(F)F)cc1[N+](=O)[O-]. The summed E-state index contributed by atoms with van der Waals surface area (Å²) in [5.74, 6) is -2.44. The highest BCUT2D eigenvalue weighted by molar-refractivity contribution is 7.58. The fourth-order valence-electron chi connectivity index (χ4n) is 2.27. The summed E-state index contributed by atoms with van der Waals surface area (Å²) in [7, 11) is -3.83. The van der Waals surface area contributed by atoms with E-state index in [1.807, 2.05) is 0 Å². The number of nitrogens with one attached hydrogen (secondary N) is 1. The van der Waals surface area contributed by atoms with Crippen LogP contribution < -0.4 is 14.3 Å². The lowest BCUT2D eigenvalue weighted by molar-refractivity contribution is -0.386. The fourth-order valence-corrected chi connectivity index (χ4v) is 3.93. The Morgan fingerprint density at radius 3 is 2.34 bits per heavy atom. The van der Waals surface area contributed by atoms with Crippen LogP contribution in [0.15, 0.2) is 36.5 Å². The third-order valence-electron chi connectivity index (χ3n) is 4.07. The number of aromatic nitrogens is 1. The molecule has 0 spiro atoms. The van der Waals surface area contributed by atoms with E-state index in [2.05, 4.69) is 10.1 Å². The summed E-state index contributed by atoms with van der Waals surface area (Å²) >= 11 is 0. The Hall–Kier alpha value is -3.18. The summed E-state index contributed by atoms with van der Waals surface area (Å²) in [5.41, 5.74) is -3.06. The third-order valence-corrected chi connectivity index (χ3v) is 6.64. The highest BCUT2D eigenvalue weighted by atomic mass is 31.2. The number of carbonyl (C=O) groups is 1. The zero-order chi connectivity index (χ0) is 24.3. The van der Waals surface area contributed by atoms with E-state index >= 15 is 0 Å². The molecule has 2 atom stereocenters. The summed E-state index contributed by atoms with van der Waals surface area (Å²) in [6.45, 7) is 4.31. The van der Waals surface area contributed by atoms with Gasteiger partial charge >= 0.3 is 25.4 Å². The standard InChI is InChI=1S/C18H19F3N3O7P/c1-10(2)32(29,23-11(3)17(25)26)31-15-7-5-4-6-14(15)30-16-13(24(27)28)8-12(9-22-16)18(19,20)21/h4-11H,1-3H3,(H,23,29)(H,25,26)/t11-,32?/m0/s1. The Labute approximate surface area is 180 Å². The minimum absolute atomic E-state index is 0.189. The van der Waals surface area contributed by atoms with Crippen LogP contribution in [0.4, 0.5) is 18.9 Å². The first kappa shape index (κ1) is 25.1. The molecular formula is C18H19F3N3O7P. The van der Waals surface area contributed by atoms with Crippen LogP contribution in [0.25, 0.3) is 0 Å². The molecule has 0 aliphatic carbocycles. The Balaban J connectivity index is 2.44. The van der Waals surface area contributed by atoms with E-state index in [1.54, 1.807) is 0 Å². The molecule has 2 aromatic rings. The lowest BCUT2D eigenvalue weighted by atomic mass is 10.2. The molecule has 1 aromatic carbocycles. The summed E-state index contributed by atoms with van der Waals surface area (Å²) in [5, 5.41) is 22.8. The van der Waals surface area contributed by atoms with Crippen molar-refractivity contribution in [2.24, 2.45) is 0 Å².